The number of rotatable bonds is 4. The van der Waals surface area contributed by atoms with Crippen LogP contribution < -0.4 is 5.32 Å². The fraction of sp³-hybridized carbons (Fsp3) is 0.0667. The van der Waals surface area contributed by atoms with Crippen molar-refractivity contribution >= 4 is 34.8 Å². The zero-order valence-corrected chi connectivity index (χ0v) is 13.6. The molecule has 0 atom stereocenters. The molecule has 0 saturated heterocycles. The summed E-state index contributed by atoms with van der Waals surface area (Å²) in [6.45, 7) is -0.160. The summed E-state index contributed by atoms with van der Waals surface area (Å²) in [5.41, 5.74) is 0.994. The van der Waals surface area contributed by atoms with Gasteiger partial charge in [0.15, 0.2) is 0 Å². The summed E-state index contributed by atoms with van der Waals surface area (Å²) in [5, 5.41) is 14.8. The summed E-state index contributed by atoms with van der Waals surface area (Å²) in [5.74, 6) is -0.643. The lowest BCUT2D eigenvalue weighted by Crippen LogP contribution is -2.20. The van der Waals surface area contributed by atoms with Crippen LogP contribution in [0.15, 0.2) is 42.5 Å². The molecule has 1 heterocycles. The number of hydrogen-bond acceptors (Lipinski definition) is 4. The Labute approximate surface area is 146 Å². The number of anilines is 1. The predicted molar refractivity (Wildman–Crippen MR) is 88.3 cm³/mol. The van der Waals surface area contributed by atoms with Crippen LogP contribution in [0.3, 0.4) is 0 Å². The molecule has 0 fully saturated rings. The maximum absolute atomic E-state index is 13.1. The molecule has 9 heteroatoms. The normalized spacial score (nSPS) is 10.6. The molecule has 3 aromatic rings. The van der Waals surface area contributed by atoms with Crippen molar-refractivity contribution in [2.24, 2.45) is 0 Å². The van der Waals surface area contributed by atoms with Crippen LogP contribution in [0.25, 0.3) is 11.4 Å². The van der Waals surface area contributed by atoms with E-state index in [0.717, 1.165) is 4.80 Å². The monoisotopic (exact) mass is 365 g/mol. The van der Waals surface area contributed by atoms with Gasteiger partial charge in [-0.2, -0.15) is 4.80 Å². The molecule has 1 aromatic heterocycles. The van der Waals surface area contributed by atoms with Crippen LogP contribution in [0.4, 0.5) is 10.1 Å². The highest BCUT2D eigenvalue weighted by molar-refractivity contribution is 6.33. The van der Waals surface area contributed by atoms with Gasteiger partial charge < -0.3 is 5.32 Å². The fourth-order valence-electron chi connectivity index (χ4n) is 1.96. The third-order valence-corrected chi connectivity index (χ3v) is 3.68. The number of amides is 1. The molecule has 24 heavy (non-hydrogen) atoms. The van der Waals surface area contributed by atoms with Crippen molar-refractivity contribution in [3.05, 3.63) is 58.3 Å². The van der Waals surface area contributed by atoms with Gasteiger partial charge in [-0.15, -0.1) is 10.2 Å². The number of aromatic nitrogens is 4. The summed E-state index contributed by atoms with van der Waals surface area (Å²) in [4.78, 5) is 13.1. The lowest BCUT2D eigenvalue weighted by atomic mass is 10.2. The predicted octanol–water partition coefficient (Wildman–Crippen LogP) is 3.42. The molecule has 0 bridgehead atoms. The van der Waals surface area contributed by atoms with Gasteiger partial charge in [0.25, 0.3) is 0 Å². The van der Waals surface area contributed by atoms with Crippen molar-refractivity contribution in [1.82, 2.24) is 20.2 Å². The maximum atomic E-state index is 13.1. The number of tetrazole rings is 1. The van der Waals surface area contributed by atoms with E-state index in [1.165, 1.54) is 18.2 Å². The molecule has 1 amide bonds. The summed E-state index contributed by atoms with van der Waals surface area (Å²) < 4.78 is 13.1. The van der Waals surface area contributed by atoms with Crippen molar-refractivity contribution in [3.63, 3.8) is 0 Å². The number of hydrogen-bond donors (Lipinski definition) is 1. The average Bonchev–Trinajstić information content (AvgIpc) is 2.99. The zero-order valence-electron chi connectivity index (χ0n) is 12.1. The molecule has 0 aliphatic heterocycles. The number of carbonyl (C=O) groups excluding carboxylic acids is 1. The van der Waals surface area contributed by atoms with Crippen LogP contribution in [0.2, 0.25) is 10.0 Å². The minimum Gasteiger partial charge on any atom is -0.324 e. The first-order valence-electron chi connectivity index (χ1n) is 6.80. The van der Waals surface area contributed by atoms with Crippen molar-refractivity contribution in [3.8, 4) is 11.4 Å². The standard InChI is InChI=1S/C15H10Cl2FN5O/c16-11-4-2-1-3-10(11)15-20-22-23(21-15)8-14(24)19-9-5-6-13(18)12(17)7-9/h1-7H,8H2,(H,19,24). The number of halogens is 3. The molecule has 0 radical (unpaired) electrons. The maximum Gasteiger partial charge on any atom is 0.248 e. The largest absolute Gasteiger partial charge is 0.324 e. The molecule has 122 valence electrons. The van der Waals surface area contributed by atoms with Crippen LogP contribution in [0.1, 0.15) is 0 Å². The van der Waals surface area contributed by atoms with E-state index in [0.29, 0.717) is 22.1 Å². The molecule has 6 nitrogen and oxygen atoms in total. The first-order valence-corrected chi connectivity index (χ1v) is 7.56. The van der Waals surface area contributed by atoms with Crippen molar-refractivity contribution < 1.29 is 9.18 Å². The zero-order chi connectivity index (χ0) is 17.1. The Morgan fingerprint density at radius 1 is 1.17 bits per heavy atom. The van der Waals surface area contributed by atoms with Gasteiger partial charge in [-0.1, -0.05) is 35.3 Å². The van der Waals surface area contributed by atoms with Gasteiger partial charge in [-0.3, -0.25) is 4.79 Å². The highest BCUT2D eigenvalue weighted by Gasteiger charge is 2.12. The lowest BCUT2D eigenvalue weighted by molar-refractivity contribution is -0.117. The molecule has 0 spiro atoms. The molecule has 2 aromatic carbocycles. The topological polar surface area (TPSA) is 72.7 Å². The number of nitrogens with one attached hydrogen (secondary N) is 1. The Morgan fingerprint density at radius 2 is 1.96 bits per heavy atom. The third-order valence-electron chi connectivity index (χ3n) is 3.06. The van der Waals surface area contributed by atoms with E-state index < -0.39 is 11.7 Å². The van der Waals surface area contributed by atoms with Crippen LogP contribution in [-0.4, -0.2) is 26.1 Å². The van der Waals surface area contributed by atoms with E-state index in [2.05, 4.69) is 20.7 Å². The first-order chi connectivity index (χ1) is 11.5. The van der Waals surface area contributed by atoms with E-state index in [-0.39, 0.29) is 11.6 Å². The van der Waals surface area contributed by atoms with Crippen molar-refractivity contribution in [1.29, 1.82) is 0 Å². The second kappa shape index (κ2) is 6.94. The molecule has 0 aliphatic rings. The summed E-state index contributed by atoms with van der Waals surface area (Å²) in [6.07, 6.45) is 0. The van der Waals surface area contributed by atoms with Crippen LogP contribution in [0.5, 0.6) is 0 Å². The number of carbonyl (C=O) groups is 1. The number of benzene rings is 2. The van der Waals surface area contributed by atoms with Crippen LogP contribution >= 0.6 is 23.2 Å². The molecular weight excluding hydrogens is 356 g/mol. The molecule has 0 saturated carbocycles. The highest BCUT2D eigenvalue weighted by Crippen LogP contribution is 2.23. The summed E-state index contributed by atoms with van der Waals surface area (Å²) in [7, 11) is 0. The Bertz CT molecular complexity index is 899. The summed E-state index contributed by atoms with van der Waals surface area (Å²) >= 11 is 11.7. The molecule has 0 unspecified atom stereocenters. The van der Waals surface area contributed by atoms with Gasteiger partial charge in [0.1, 0.15) is 12.4 Å². The first kappa shape index (κ1) is 16.4. The van der Waals surface area contributed by atoms with Gasteiger partial charge in [-0.25, -0.2) is 4.39 Å². The number of nitrogens with zero attached hydrogens (tertiary/aromatic N) is 4. The van der Waals surface area contributed by atoms with E-state index in [1.54, 1.807) is 24.3 Å². The third kappa shape index (κ3) is 3.69. The average molecular weight is 366 g/mol. The summed E-state index contributed by atoms with van der Waals surface area (Å²) in [6, 6.07) is 10.9. The Hall–Kier alpha value is -2.51. The van der Waals surface area contributed by atoms with E-state index in [1.807, 2.05) is 0 Å². The highest BCUT2D eigenvalue weighted by atomic mass is 35.5. The quantitative estimate of drug-likeness (QED) is 0.768. The van der Waals surface area contributed by atoms with E-state index in [9.17, 15) is 9.18 Å². The van der Waals surface area contributed by atoms with E-state index in [4.69, 9.17) is 23.2 Å². The molecule has 1 N–H and O–H groups in total. The van der Waals surface area contributed by atoms with Gasteiger partial charge in [0.05, 0.1) is 10.0 Å². The van der Waals surface area contributed by atoms with Crippen LogP contribution in [-0.2, 0) is 11.3 Å². The smallest absolute Gasteiger partial charge is 0.248 e. The Kier molecular flexibility index (Phi) is 4.73. The Morgan fingerprint density at radius 3 is 2.71 bits per heavy atom. The molecule has 0 aliphatic carbocycles. The van der Waals surface area contributed by atoms with Gasteiger partial charge in [0.2, 0.25) is 11.7 Å². The van der Waals surface area contributed by atoms with Gasteiger partial charge in [0, 0.05) is 11.3 Å². The van der Waals surface area contributed by atoms with Gasteiger partial charge >= 0.3 is 0 Å². The van der Waals surface area contributed by atoms with E-state index >= 15 is 0 Å². The van der Waals surface area contributed by atoms with Gasteiger partial charge in [-0.05, 0) is 35.5 Å². The Balaban J connectivity index is 1.69. The minimum absolute atomic E-state index is 0.0762. The lowest BCUT2D eigenvalue weighted by Gasteiger charge is -2.05. The van der Waals surface area contributed by atoms with Crippen molar-refractivity contribution in [2.75, 3.05) is 5.32 Å². The second-order valence-electron chi connectivity index (χ2n) is 4.80. The molecular formula is C15H10Cl2FN5O. The molecule has 3 rings (SSSR count). The SMILES string of the molecule is O=C(Cn1nnc(-c2ccccc2Cl)n1)Nc1ccc(F)c(Cl)c1. The second-order valence-corrected chi connectivity index (χ2v) is 5.61. The van der Waals surface area contributed by atoms with Crippen LogP contribution in [0, 0.1) is 5.82 Å². The fourth-order valence-corrected chi connectivity index (χ4v) is 2.36. The minimum atomic E-state index is -0.558. The van der Waals surface area contributed by atoms with Crippen molar-refractivity contribution in [2.45, 2.75) is 6.54 Å².